The van der Waals surface area contributed by atoms with Crippen molar-refractivity contribution in [1.29, 1.82) is 0 Å². The molecule has 0 amide bonds. The van der Waals surface area contributed by atoms with E-state index < -0.39 is 0 Å². The van der Waals surface area contributed by atoms with Gasteiger partial charge in [-0.15, -0.1) is 0 Å². The Morgan fingerprint density at radius 1 is 1.04 bits per heavy atom. The van der Waals surface area contributed by atoms with Gasteiger partial charge in [0, 0.05) is 17.0 Å². The van der Waals surface area contributed by atoms with E-state index in [9.17, 15) is 4.79 Å². The smallest absolute Gasteiger partial charge is 0.339 e. The zero-order valence-corrected chi connectivity index (χ0v) is 14.1. The highest BCUT2D eigenvalue weighted by molar-refractivity contribution is 5.82. The standard InChI is InChI=1S/C22H20O3/c1-2-15-7-9-16(10-8-15)14-24-17-11-12-19-18-5-3-4-6-20(18)22(23)25-21(19)13-17/h2,7-13H,1,3-6,14H2. The summed E-state index contributed by atoms with van der Waals surface area (Å²) < 4.78 is 11.4. The second-order valence-corrected chi connectivity index (χ2v) is 6.45. The van der Waals surface area contributed by atoms with Crippen LogP contribution in [-0.4, -0.2) is 0 Å². The highest BCUT2D eigenvalue weighted by Gasteiger charge is 2.18. The Labute approximate surface area is 146 Å². The molecule has 3 aromatic rings. The van der Waals surface area contributed by atoms with Gasteiger partial charge in [-0.3, -0.25) is 0 Å². The van der Waals surface area contributed by atoms with E-state index in [1.165, 1.54) is 0 Å². The summed E-state index contributed by atoms with van der Waals surface area (Å²) in [4.78, 5) is 12.2. The first kappa shape index (κ1) is 15.7. The zero-order chi connectivity index (χ0) is 17.2. The van der Waals surface area contributed by atoms with Gasteiger partial charge in [-0.2, -0.15) is 0 Å². The molecule has 2 aromatic carbocycles. The molecule has 0 bridgehead atoms. The third-order valence-corrected chi connectivity index (χ3v) is 4.82. The van der Waals surface area contributed by atoms with E-state index in [2.05, 4.69) is 6.58 Å². The maximum atomic E-state index is 12.2. The van der Waals surface area contributed by atoms with Gasteiger partial charge >= 0.3 is 5.63 Å². The lowest BCUT2D eigenvalue weighted by Crippen LogP contribution is -2.15. The molecule has 126 valence electrons. The fraction of sp³-hybridized carbons (Fsp3) is 0.227. The summed E-state index contributed by atoms with van der Waals surface area (Å²) in [6.45, 7) is 4.22. The number of hydrogen-bond acceptors (Lipinski definition) is 3. The Hall–Kier alpha value is -2.81. The molecule has 4 rings (SSSR count). The van der Waals surface area contributed by atoms with E-state index in [-0.39, 0.29) is 5.63 Å². The Kier molecular flexibility index (Phi) is 4.14. The molecule has 0 radical (unpaired) electrons. The third kappa shape index (κ3) is 3.10. The van der Waals surface area contributed by atoms with E-state index >= 15 is 0 Å². The van der Waals surface area contributed by atoms with E-state index in [1.807, 2.05) is 48.5 Å². The van der Waals surface area contributed by atoms with Crippen LogP contribution in [0, 0.1) is 0 Å². The lowest BCUT2D eigenvalue weighted by Gasteiger charge is -2.16. The largest absolute Gasteiger partial charge is 0.489 e. The monoisotopic (exact) mass is 332 g/mol. The summed E-state index contributed by atoms with van der Waals surface area (Å²) in [7, 11) is 0. The van der Waals surface area contributed by atoms with Gasteiger partial charge in [0.1, 0.15) is 17.9 Å². The summed E-state index contributed by atoms with van der Waals surface area (Å²) in [5.74, 6) is 0.708. The minimum atomic E-state index is -0.195. The Morgan fingerprint density at radius 2 is 1.80 bits per heavy atom. The van der Waals surface area contributed by atoms with Crippen LogP contribution >= 0.6 is 0 Å². The summed E-state index contributed by atoms with van der Waals surface area (Å²) in [6.07, 6.45) is 5.79. The van der Waals surface area contributed by atoms with Crippen molar-refractivity contribution in [2.45, 2.75) is 32.3 Å². The van der Waals surface area contributed by atoms with Crippen LogP contribution in [-0.2, 0) is 19.4 Å². The Morgan fingerprint density at radius 3 is 2.56 bits per heavy atom. The first-order chi connectivity index (χ1) is 12.2. The molecule has 1 heterocycles. The molecule has 1 aliphatic rings. The van der Waals surface area contributed by atoms with Gasteiger partial charge in [0.15, 0.2) is 0 Å². The van der Waals surface area contributed by atoms with Crippen molar-refractivity contribution >= 4 is 17.0 Å². The lowest BCUT2D eigenvalue weighted by atomic mass is 9.91. The molecule has 0 fully saturated rings. The third-order valence-electron chi connectivity index (χ3n) is 4.82. The van der Waals surface area contributed by atoms with Crippen LogP contribution in [0.1, 0.15) is 35.1 Å². The molecule has 0 aliphatic heterocycles. The van der Waals surface area contributed by atoms with Crippen LogP contribution in [0.3, 0.4) is 0 Å². The number of benzene rings is 2. The zero-order valence-electron chi connectivity index (χ0n) is 14.1. The van der Waals surface area contributed by atoms with Gasteiger partial charge in [-0.05, 0) is 54.5 Å². The van der Waals surface area contributed by atoms with Gasteiger partial charge in [0.25, 0.3) is 0 Å². The molecule has 0 N–H and O–H groups in total. The maximum absolute atomic E-state index is 12.2. The van der Waals surface area contributed by atoms with Gasteiger partial charge in [-0.25, -0.2) is 4.79 Å². The van der Waals surface area contributed by atoms with Crippen LogP contribution in [0.25, 0.3) is 17.0 Å². The molecule has 0 atom stereocenters. The van der Waals surface area contributed by atoms with Crippen molar-refractivity contribution in [3.63, 3.8) is 0 Å². The minimum absolute atomic E-state index is 0.195. The second-order valence-electron chi connectivity index (χ2n) is 6.45. The predicted molar refractivity (Wildman–Crippen MR) is 100.0 cm³/mol. The van der Waals surface area contributed by atoms with Crippen LogP contribution in [0.2, 0.25) is 0 Å². The van der Waals surface area contributed by atoms with Crippen molar-refractivity contribution in [2.24, 2.45) is 0 Å². The van der Waals surface area contributed by atoms with Crippen molar-refractivity contribution in [2.75, 3.05) is 0 Å². The van der Waals surface area contributed by atoms with Gasteiger partial charge in [0.2, 0.25) is 0 Å². The Balaban J connectivity index is 1.60. The molecular formula is C22H20O3. The fourth-order valence-corrected chi connectivity index (χ4v) is 3.43. The van der Waals surface area contributed by atoms with E-state index in [0.717, 1.165) is 53.3 Å². The molecule has 1 aliphatic carbocycles. The number of ether oxygens (including phenoxy) is 1. The summed E-state index contributed by atoms with van der Waals surface area (Å²) in [5.41, 5.74) is 4.60. The van der Waals surface area contributed by atoms with E-state index in [4.69, 9.17) is 9.15 Å². The number of rotatable bonds is 4. The lowest BCUT2D eigenvalue weighted by molar-refractivity contribution is 0.306. The second kappa shape index (κ2) is 6.60. The van der Waals surface area contributed by atoms with Crippen LogP contribution in [0.4, 0.5) is 0 Å². The van der Waals surface area contributed by atoms with Crippen molar-refractivity contribution in [3.8, 4) is 5.75 Å². The average molecular weight is 332 g/mol. The number of hydrogen-bond donors (Lipinski definition) is 0. The minimum Gasteiger partial charge on any atom is -0.489 e. The molecule has 0 unspecified atom stereocenters. The van der Waals surface area contributed by atoms with Gasteiger partial charge in [0.05, 0.1) is 0 Å². The van der Waals surface area contributed by atoms with Crippen LogP contribution in [0.5, 0.6) is 5.75 Å². The highest BCUT2D eigenvalue weighted by atomic mass is 16.5. The molecule has 3 nitrogen and oxygen atoms in total. The van der Waals surface area contributed by atoms with Crippen LogP contribution < -0.4 is 10.4 Å². The summed E-state index contributed by atoms with van der Waals surface area (Å²) in [6, 6.07) is 13.9. The molecule has 1 aromatic heterocycles. The molecule has 0 saturated carbocycles. The maximum Gasteiger partial charge on any atom is 0.339 e. The van der Waals surface area contributed by atoms with E-state index in [1.54, 1.807) is 0 Å². The van der Waals surface area contributed by atoms with Crippen molar-refractivity contribution < 1.29 is 9.15 Å². The molecule has 0 spiro atoms. The predicted octanol–water partition coefficient (Wildman–Crippen LogP) is 4.89. The topological polar surface area (TPSA) is 39.4 Å². The molecule has 3 heteroatoms. The van der Waals surface area contributed by atoms with Crippen molar-refractivity contribution in [3.05, 3.63) is 81.7 Å². The Bertz CT molecular complexity index is 981. The van der Waals surface area contributed by atoms with Gasteiger partial charge < -0.3 is 9.15 Å². The molecular weight excluding hydrogens is 312 g/mol. The summed E-state index contributed by atoms with van der Waals surface area (Å²) >= 11 is 0. The normalized spacial score (nSPS) is 13.4. The highest BCUT2D eigenvalue weighted by Crippen LogP contribution is 2.29. The van der Waals surface area contributed by atoms with E-state index in [0.29, 0.717) is 17.9 Å². The van der Waals surface area contributed by atoms with Crippen molar-refractivity contribution in [1.82, 2.24) is 0 Å². The quantitative estimate of drug-likeness (QED) is 0.638. The van der Waals surface area contributed by atoms with Gasteiger partial charge in [-0.1, -0.05) is 36.9 Å². The first-order valence-corrected chi connectivity index (χ1v) is 8.67. The molecule has 25 heavy (non-hydrogen) atoms. The van der Waals surface area contributed by atoms with Crippen LogP contribution in [0.15, 0.2) is 58.3 Å². The number of fused-ring (bicyclic) bond motifs is 3. The first-order valence-electron chi connectivity index (χ1n) is 8.67. The fourth-order valence-electron chi connectivity index (χ4n) is 3.43. The average Bonchev–Trinajstić information content (AvgIpc) is 2.67. The number of aryl methyl sites for hydroxylation is 1. The molecule has 0 saturated heterocycles. The SMILES string of the molecule is C=Cc1ccc(COc2ccc3c4c(c(=O)oc3c2)CCCC4)cc1. The summed E-state index contributed by atoms with van der Waals surface area (Å²) in [5, 5.41) is 1.04.